The van der Waals surface area contributed by atoms with Crippen LogP contribution in [0.3, 0.4) is 0 Å². The van der Waals surface area contributed by atoms with Gasteiger partial charge in [0.05, 0.1) is 18.4 Å². The highest BCUT2D eigenvalue weighted by atomic mass is 35.5. The molecule has 4 fully saturated rings. The summed E-state index contributed by atoms with van der Waals surface area (Å²) in [5.41, 5.74) is 10.7. The van der Waals surface area contributed by atoms with Crippen LogP contribution in [-0.2, 0) is 9.68 Å². The minimum absolute atomic E-state index is 0.0495. The minimum atomic E-state index is -0.0913. The molecular formula is C41H78ClN7O2. The van der Waals surface area contributed by atoms with E-state index in [-0.39, 0.29) is 34.4 Å². The molecule has 4 N–H and O–H groups in total. The summed E-state index contributed by atoms with van der Waals surface area (Å²) >= 11 is 6.85. The summed E-state index contributed by atoms with van der Waals surface area (Å²) in [6.07, 6.45) is 24.1. The zero-order valence-electron chi connectivity index (χ0n) is 34.4. The molecule has 9 nitrogen and oxygen atoms in total. The van der Waals surface area contributed by atoms with Gasteiger partial charge in [0, 0.05) is 34.2 Å². The highest BCUT2D eigenvalue weighted by Gasteiger charge is 2.51. The van der Waals surface area contributed by atoms with Gasteiger partial charge < -0.3 is 0 Å². The van der Waals surface area contributed by atoms with Crippen molar-refractivity contribution < 1.29 is 9.68 Å². The molecule has 0 aromatic heterocycles. The average molecular weight is 737 g/mol. The van der Waals surface area contributed by atoms with Crippen molar-refractivity contribution in [2.75, 3.05) is 0 Å². The van der Waals surface area contributed by atoms with Gasteiger partial charge in [0.1, 0.15) is 5.16 Å². The Hall–Kier alpha value is -0.490. The van der Waals surface area contributed by atoms with Crippen molar-refractivity contribution in [1.29, 1.82) is 0 Å². The van der Waals surface area contributed by atoms with E-state index in [9.17, 15) is 0 Å². The summed E-state index contributed by atoms with van der Waals surface area (Å²) in [6.45, 7) is 23.7. The topological polar surface area (TPSA) is 76.3 Å². The maximum Gasteiger partial charge on any atom is 0.117 e. The Labute approximate surface area is 317 Å². The van der Waals surface area contributed by atoms with Crippen LogP contribution in [0.4, 0.5) is 0 Å². The Kier molecular flexibility index (Phi) is 14.3. The lowest BCUT2D eigenvalue weighted by Crippen LogP contribution is -2.69. The SMILES string of the molecule is CCCC(NC1C=C(Cl)NN(NC(CCC)C2CC(C)(C)N(OC3CCCCC3)C(C)(C)C2)N1)C1CC(C)(C)N(OC2CCCCC2)C(C)(C)C1. The third-order valence-corrected chi connectivity index (χ3v) is 12.9. The van der Waals surface area contributed by atoms with E-state index in [4.69, 9.17) is 21.3 Å². The molecule has 10 heteroatoms. The van der Waals surface area contributed by atoms with Crippen LogP contribution >= 0.6 is 11.6 Å². The van der Waals surface area contributed by atoms with Gasteiger partial charge in [0.2, 0.25) is 0 Å². The van der Waals surface area contributed by atoms with Crippen molar-refractivity contribution in [1.82, 2.24) is 36.9 Å². The van der Waals surface area contributed by atoms with E-state index < -0.39 is 0 Å². The Morgan fingerprint density at radius 3 is 1.53 bits per heavy atom. The van der Waals surface area contributed by atoms with E-state index >= 15 is 0 Å². The monoisotopic (exact) mass is 736 g/mol. The fourth-order valence-electron chi connectivity index (χ4n) is 11.0. The fraction of sp³-hybridized carbons (Fsp3) is 0.951. The van der Waals surface area contributed by atoms with E-state index in [0.29, 0.717) is 35.2 Å². The molecule has 0 spiro atoms. The van der Waals surface area contributed by atoms with Crippen LogP contribution in [0.5, 0.6) is 0 Å². The zero-order chi connectivity index (χ0) is 37.0. The summed E-state index contributed by atoms with van der Waals surface area (Å²) in [4.78, 5) is 13.7. The summed E-state index contributed by atoms with van der Waals surface area (Å²) in [6, 6.07) is 0.639. The predicted molar refractivity (Wildman–Crippen MR) is 211 cm³/mol. The number of hydrogen-bond acceptors (Lipinski definition) is 9. The second-order valence-corrected chi connectivity index (χ2v) is 20.0. The quantitative estimate of drug-likeness (QED) is 0.131. The first-order valence-corrected chi connectivity index (χ1v) is 21.6. The zero-order valence-corrected chi connectivity index (χ0v) is 35.1. The lowest BCUT2D eigenvalue weighted by Gasteiger charge is -2.56. The van der Waals surface area contributed by atoms with Crippen LogP contribution in [0.15, 0.2) is 11.2 Å². The predicted octanol–water partition coefficient (Wildman–Crippen LogP) is 9.22. The van der Waals surface area contributed by atoms with E-state index in [1.165, 1.54) is 64.2 Å². The highest BCUT2D eigenvalue weighted by molar-refractivity contribution is 6.29. The Morgan fingerprint density at radius 2 is 1.10 bits per heavy atom. The Bertz CT molecular complexity index is 1080. The standard InChI is InChI=1S/C41H78ClN7O2/c1-11-19-34(30-26-38(3,4)47(39(5,6)27-30)50-32-21-15-13-16-22-32)43-37-25-36(42)45-49(46-37)44-35(20-12-2)31-28-40(7,8)48(41(9,10)29-31)51-33-23-17-14-18-24-33/h25,30-35,37,43-46H,11-24,26-29H2,1-10H3. The summed E-state index contributed by atoms with van der Waals surface area (Å²) in [5.74, 6) is 1.00. The molecule has 3 aliphatic heterocycles. The number of rotatable bonds is 14. The molecule has 51 heavy (non-hydrogen) atoms. The molecule has 3 heterocycles. The van der Waals surface area contributed by atoms with Crippen LogP contribution in [0.2, 0.25) is 0 Å². The number of hydroxylamine groups is 4. The van der Waals surface area contributed by atoms with Gasteiger partial charge in [-0.15, -0.1) is 0 Å². The minimum Gasteiger partial charge on any atom is -0.295 e. The lowest BCUT2D eigenvalue weighted by molar-refractivity contribution is -0.315. The van der Waals surface area contributed by atoms with Gasteiger partial charge in [0.15, 0.2) is 0 Å². The second kappa shape index (κ2) is 17.5. The first-order chi connectivity index (χ1) is 24.0. The third-order valence-electron chi connectivity index (χ3n) is 12.7. The van der Waals surface area contributed by atoms with Gasteiger partial charge in [-0.05, 0) is 138 Å². The maximum atomic E-state index is 6.85. The largest absolute Gasteiger partial charge is 0.295 e. The number of nitrogens with one attached hydrogen (secondary N) is 4. The smallest absolute Gasteiger partial charge is 0.117 e. The van der Waals surface area contributed by atoms with E-state index in [0.717, 1.165) is 51.4 Å². The molecule has 2 saturated carbocycles. The van der Waals surface area contributed by atoms with Crippen LogP contribution in [0, 0.1) is 11.8 Å². The van der Waals surface area contributed by atoms with Crippen LogP contribution in [0.1, 0.15) is 185 Å². The molecule has 5 rings (SSSR count). The molecule has 0 aromatic carbocycles. The number of hydrazine groups is 3. The van der Waals surface area contributed by atoms with Crippen molar-refractivity contribution in [3.8, 4) is 0 Å². The molecule has 0 bridgehead atoms. The van der Waals surface area contributed by atoms with Gasteiger partial charge >= 0.3 is 0 Å². The van der Waals surface area contributed by atoms with Gasteiger partial charge in [0.25, 0.3) is 0 Å². The number of hydrogen-bond donors (Lipinski definition) is 4. The summed E-state index contributed by atoms with van der Waals surface area (Å²) in [5, 5.41) is 11.4. The highest BCUT2D eigenvalue weighted by Crippen LogP contribution is 2.46. The second-order valence-electron chi connectivity index (χ2n) is 19.6. The molecule has 2 aliphatic carbocycles. The van der Waals surface area contributed by atoms with Crippen LogP contribution in [-0.4, -0.2) is 68.0 Å². The summed E-state index contributed by atoms with van der Waals surface area (Å²) in [7, 11) is 0. The van der Waals surface area contributed by atoms with Crippen molar-refractivity contribution in [3.63, 3.8) is 0 Å². The molecule has 5 aliphatic rings. The van der Waals surface area contributed by atoms with Gasteiger partial charge in [-0.1, -0.05) is 82.0 Å². The molecule has 3 atom stereocenters. The van der Waals surface area contributed by atoms with E-state index in [1.54, 1.807) is 0 Å². The number of halogens is 1. The lowest BCUT2D eigenvalue weighted by atomic mass is 9.71. The van der Waals surface area contributed by atoms with Crippen molar-refractivity contribution >= 4 is 11.6 Å². The van der Waals surface area contributed by atoms with E-state index in [1.807, 2.05) is 5.23 Å². The first kappa shape index (κ1) is 41.7. The Balaban J connectivity index is 1.23. The van der Waals surface area contributed by atoms with Crippen molar-refractivity contribution in [2.45, 2.75) is 237 Å². The third kappa shape index (κ3) is 10.8. The van der Waals surface area contributed by atoms with Crippen LogP contribution in [0.25, 0.3) is 0 Å². The Morgan fingerprint density at radius 1 is 0.686 bits per heavy atom. The number of piperidine rings is 2. The van der Waals surface area contributed by atoms with Gasteiger partial charge in [-0.2, -0.15) is 10.1 Å². The van der Waals surface area contributed by atoms with Crippen LogP contribution < -0.4 is 21.6 Å². The molecule has 0 amide bonds. The molecule has 296 valence electrons. The molecule has 3 unspecified atom stereocenters. The van der Waals surface area contributed by atoms with Crippen molar-refractivity contribution in [3.05, 3.63) is 11.2 Å². The van der Waals surface area contributed by atoms with Gasteiger partial charge in [-0.3, -0.25) is 20.4 Å². The first-order valence-electron chi connectivity index (χ1n) is 21.2. The van der Waals surface area contributed by atoms with Crippen molar-refractivity contribution in [2.24, 2.45) is 11.8 Å². The van der Waals surface area contributed by atoms with E-state index in [2.05, 4.69) is 107 Å². The average Bonchev–Trinajstić information content (AvgIpc) is 3.04. The van der Waals surface area contributed by atoms with Gasteiger partial charge in [-0.25, -0.2) is 10.9 Å². The molecule has 2 saturated heterocycles. The normalized spacial score (nSPS) is 30.1. The molecular weight excluding hydrogens is 658 g/mol. The molecule has 0 aromatic rings. The fourth-order valence-corrected chi connectivity index (χ4v) is 11.2. The summed E-state index contributed by atoms with van der Waals surface area (Å²) < 4.78 is 0. The number of nitrogens with zero attached hydrogens (tertiary/aromatic N) is 3. The molecule has 0 radical (unpaired) electrons. The maximum absolute atomic E-state index is 6.85.